The number of para-hydroxylation sites is 1. The van der Waals surface area contributed by atoms with Crippen LogP contribution in [0.2, 0.25) is 0 Å². The van der Waals surface area contributed by atoms with Gasteiger partial charge in [-0.1, -0.05) is 31.5 Å². The van der Waals surface area contributed by atoms with E-state index in [-0.39, 0.29) is 12.3 Å². The third kappa shape index (κ3) is 3.42. The number of amides is 1. The lowest BCUT2D eigenvalue weighted by atomic mass is 10.1. The minimum absolute atomic E-state index is 0.121. The van der Waals surface area contributed by atoms with Gasteiger partial charge in [0.15, 0.2) is 5.82 Å². The van der Waals surface area contributed by atoms with E-state index in [0.29, 0.717) is 11.6 Å². The molecule has 124 valence electrons. The number of aryl methyl sites for hydroxylation is 3. The van der Waals surface area contributed by atoms with Gasteiger partial charge in [-0.3, -0.25) is 4.79 Å². The lowest BCUT2D eigenvalue weighted by Gasteiger charge is -2.09. The number of benzene rings is 1. The molecule has 1 N–H and O–H groups in total. The zero-order valence-electron chi connectivity index (χ0n) is 14.2. The van der Waals surface area contributed by atoms with E-state index in [1.807, 2.05) is 44.2 Å². The largest absolute Gasteiger partial charge is 0.325 e. The van der Waals surface area contributed by atoms with Crippen molar-refractivity contribution in [2.45, 2.75) is 40.0 Å². The third-order valence-corrected chi connectivity index (χ3v) is 3.79. The molecule has 0 spiro atoms. The molecule has 0 saturated heterocycles. The Kier molecular flexibility index (Phi) is 4.55. The number of nitrogens with zero attached hydrogens (tertiary/aromatic N) is 4. The number of hydrogen-bond acceptors (Lipinski definition) is 4. The third-order valence-electron chi connectivity index (χ3n) is 3.79. The van der Waals surface area contributed by atoms with E-state index in [2.05, 4.69) is 27.3 Å². The first-order valence-electron chi connectivity index (χ1n) is 8.14. The monoisotopic (exact) mass is 323 g/mol. The zero-order valence-corrected chi connectivity index (χ0v) is 14.2. The van der Waals surface area contributed by atoms with Crippen LogP contribution in [0.4, 0.5) is 5.69 Å². The number of nitrogens with one attached hydrogen (secondary N) is 1. The number of hydrogen-bond donors (Lipinski definition) is 1. The molecule has 0 bridgehead atoms. The van der Waals surface area contributed by atoms with Gasteiger partial charge in [0.1, 0.15) is 0 Å². The van der Waals surface area contributed by atoms with E-state index in [1.165, 1.54) is 0 Å². The number of carbonyl (C=O) groups excluding carboxylic acids is 1. The molecule has 0 aliphatic rings. The predicted octanol–water partition coefficient (Wildman–Crippen LogP) is 2.87. The van der Waals surface area contributed by atoms with Gasteiger partial charge >= 0.3 is 0 Å². The number of rotatable bonds is 5. The molecule has 6 nitrogen and oxygen atoms in total. The Morgan fingerprint density at radius 3 is 2.79 bits per heavy atom. The fourth-order valence-electron chi connectivity index (χ4n) is 2.75. The Labute approximate surface area is 141 Å². The van der Waals surface area contributed by atoms with Gasteiger partial charge in [0.2, 0.25) is 5.91 Å². The molecule has 1 amide bonds. The highest BCUT2D eigenvalue weighted by Gasteiger charge is 2.13. The van der Waals surface area contributed by atoms with Crippen LogP contribution >= 0.6 is 0 Å². The highest BCUT2D eigenvalue weighted by atomic mass is 16.1. The molecule has 24 heavy (non-hydrogen) atoms. The highest BCUT2D eigenvalue weighted by Crippen LogP contribution is 2.17. The van der Waals surface area contributed by atoms with Gasteiger partial charge in [-0.15, -0.1) is 5.10 Å². The SMILES string of the molecule is CCCc1ccccc1NC(=O)Cc1nc2nc(C)cc(C)n2n1. The van der Waals surface area contributed by atoms with Crippen molar-refractivity contribution in [3.8, 4) is 0 Å². The molecule has 2 heterocycles. The Balaban J connectivity index is 1.77. The summed E-state index contributed by atoms with van der Waals surface area (Å²) >= 11 is 0. The second-order valence-corrected chi connectivity index (χ2v) is 5.91. The van der Waals surface area contributed by atoms with Gasteiger partial charge in [0, 0.05) is 17.1 Å². The van der Waals surface area contributed by atoms with E-state index in [4.69, 9.17) is 0 Å². The van der Waals surface area contributed by atoms with Crippen LogP contribution in [0.5, 0.6) is 0 Å². The Morgan fingerprint density at radius 2 is 2.00 bits per heavy atom. The summed E-state index contributed by atoms with van der Waals surface area (Å²) in [7, 11) is 0. The maximum absolute atomic E-state index is 12.3. The summed E-state index contributed by atoms with van der Waals surface area (Å²) in [6.07, 6.45) is 2.10. The number of aromatic nitrogens is 4. The highest BCUT2D eigenvalue weighted by molar-refractivity contribution is 5.92. The molecule has 0 aliphatic heterocycles. The molecule has 0 fully saturated rings. The van der Waals surface area contributed by atoms with Crippen LogP contribution in [0.1, 0.15) is 36.1 Å². The summed E-state index contributed by atoms with van der Waals surface area (Å²) in [5.74, 6) is 0.882. The standard InChI is InChI=1S/C18H21N5O/c1-4-7-14-8-5-6-9-15(14)20-17(24)11-16-21-18-19-12(2)10-13(3)23(18)22-16/h5-6,8-10H,4,7,11H2,1-3H3,(H,20,24). The van der Waals surface area contributed by atoms with Crippen LogP contribution in [0.25, 0.3) is 5.78 Å². The van der Waals surface area contributed by atoms with Crippen molar-refractivity contribution in [1.29, 1.82) is 0 Å². The average Bonchev–Trinajstić information content (AvgIpc) is 2.92. The van der Waals surface area contributed by atoms with E-state index < -0.39 is 0 Å². The van der Waals surface area contributed by atoms with Crippen molar-refractivity contribution in [2.75, 3.05) is 5.32 Å². The summed E-state index contributed by atoms with van der Waals surface area (Å²) in [5.41, 5.74) is 3.84. The molecule has 6 heteroatoms. The van der Waals surface area contributed by atoms with Crippen LogP contribution in [0.3, 0.4) is 0 Å². The summed E-state index contributed by atoms with van der Waals surface area (Å²) in [6.45, 7) is 5.98. The molecular weight excluding hydrogens is 302 g/mol. The molecule has 3 aromatic rings. The maximum Gasteiger partial charge on any atom is 0.252 e. The topological polar surface area (TPSA) is 72.2 Å². The minimum Gasteiger partial charge on any atom is -0.325 e. The van der Waals surface area contributed by atoms with Crippen LogP contribution < -0.4 is 5.32 Å². The first kappa shape index (κ1) is 16.1. The first-order chi connectivity index (χ1) is 11.6. The van der Waals surface area contributed by atoms with Crippen LogP contribution in [0.15, 0.2) is 30.3 Å². The van der Waals surface area contributed by atoms with E-state index in [9.17, 15) is 4.79 Å². The molecule has 2 aromatic heterocycles. The quantitative estimate of drug-likeness (QED) is 0.783. The lowest BCUT2D eigenvalue weighted by Crippen LogP contribution is -2.16. The minimum atomic E-state index is -0.121. The second kappa shape index (κ2) is 6.78. The van der Waals surface area contributed by atoms with Gasteiger partial charge in [-0.25, -0.2) is 9.50 Å². The van der Waals surface area contributed by atoms with Gasteiger partial charge < -0.3 is 5.32 Å². The van der Waals surface area contributed by atoms with Crippen molar-refractivity contribution in [1.82, 2.24) is 19.6 Å². The van der Waals surface area contributed by atoms with Gasteiger partial charge in [0.25, 0.3) is 5.78 Å². The maximum atomic E-state index is 12.3. The molecule has 0 aliphatic carbocycles. The van der Waals surface area contributed by atoms with Gasteiger partial charge in [0.05, 0.1) is 6.42 Å². The van der Waals surface area contributed by atoms with Crippen molar-refractivity contribution in [3.05, 3.63) is 53.1 Å². The predicted molar refractivity (Wildman–Crippen MR) is 93.0 cm³/mol. The van der Waals surface area contributed by atoms with E-state index >= 15 is 0 Å². The zero-order chi connectivity index (χ0) is 17.1. The number of anilines is 1. The number of fused-ring (bicyclic) bond motifs is 1. The van der Waals surface area contributed by atoms with Gasteiger partial charge in [-0.2, -0.15) is 4.98 Å². The number of carbonyl (C=O) groups is 1. The Morgan fingerprint density at radius 1 is 1.21 bits per heavy atom. The summed E-state index contributed by atoms with van der Waals surface area (Å²) in [4.78, 5) is 21.0. The van der Waals surface area contributed by atoms with Crippen molar-refractivity contribution >= 4 is 17.4 Å². The normalized spacial score (nSPS) is 11.0. The van der Waals surface area contributed by atoms with Crippen LogP contribution in [0, 0.1) is 13.8 Å². The molecule has 0 saturated carbocycles. The molecule has 0 atom stereocenters. The van der Waals surface area contributed by atoms with Crippen LogP contribution in [-0.2, 0) is 17.6 Å². The summed E-state index contributed by atoms with van der Waals surface area (Å²) in [6, 6.07) is 9.81. The molecule has 1 aromatic carbocycles. The Bertz CT molecular complexity index is 884. The lowest BCUT2D eigenvalue weighted by molar-refractivity contribution is -0.115. The van der Waals surface area contributed by atoms with Crippen molar-refractivity contribution in [3.63, 3.8) is 0 Å². The Hall–Kier alpha value is -2.76. The summed E-state index contributed by atoms with van der Waals surface area (Å²) < 4.78 is 1.67. The molecule has 3 rings (SSSR count). The molecular formula is C18H21N5O. The van der Waals surface area contributed by atoms with Crippen LogP contribution in [-0.4, -0.2) is 25.5 Å². The second-order valence-electron chi connectivity index (χ2n) is 5.91. The fourth-order valence-corrected chi connectivity index (χ4v) is 2.75. The summed E-state index contributed by atoms with van der Waals surface area (Å²) in [5, 5.41) is 7.34. The van der Waals surface area contributed by atoms with E-state index in [1.54, 1.807) is 4.52 Å². The smallest absolute Gasteiger partial charge is 0.252 e. The average molecular weight is 323 g/mol. The van der Waals surface area contributed by atoms with E-state index in [0.717, 1.165) is 35.5 Å². The van der Waals surface area contributed by atoms with Crippen molar-refractivity contribution < 1.29 is 4.79 Å². The first-order valence-corrected chi connectivity index (χ1v) is 8.14. The van der Waals surface area contributed by atoms with Gasteiger partial charge in [-0.05, 0) is 38.0 Å². The fraction of sp³-hybridized carbons (Fsp3) is 0.333. The molecule has 0 unspecified atom stereocenters. The molecule has 0 radical (unpaired) electrons. The van der Waals surface area contributed by atoms with Crippen molar-refractivity contribution in [2.24, 2.45) is 0 Å².